The molecule has 0 saturated heterocycles. The molecular weight excluding hydrogens is 285 g/mol. The summed E-state index contributed by atoms with van der Waals surface area (Å²) in [7, 11) is 0. The van der Waals surface area contributed by atoms with Gasteiger partial charge in [0.05, 0.1) is 11.9 Å². The van der Waals surface area contributed by atoms with Crippen molar-refractivity contribution < 1.29 is 9.13 Å². The van der Waals surface area contributed by atoms with Crippen molar-refractivity contribution in [1.82, 2.24) is 25.0 Å². The maximum absolute atomic E-state index is 13.1. The SMILES string of the molecule is Cc1cnc(OCc2cn(-c3ccc(F)cc3C)nn2)nc1. The molecule has 0 radical (unpaired) electrons. The Morgan fingerprint density at radius 3 is 2.68 bits per heavy atom. The standard InChI is InChI=1S/C15H14FN5O/c1-10-6-17-15(18-7-10)22-9-13-8-21(20-19-13)14-4-3-12(16)5-11(14)2/h3-8H,9H2,1-2H3. The number of aryl methyl sites for hydroxylation is 2. The number of benzene rings is 1. The van der Waals surface area contributed by atoms with Crippen LogP contribution in [0.5, 0.6) is 6.01 Å². The lowest BCUT2D eigenvalue weighted by Gasteiger charge is -2.04. The molecule has 6 nitrogen and oxygen atoms in total. The summed E-state index contributed by atoms with van der Waals surface area (Å²) >= 11 is 0. The first kappa shape index (κ1) is 14.1. The van der Waals surface area contributed by atoms with Gasteiger partial charge in [-0.15, -0.1) is 5.10 Å². The summed E-state index contributed by atoms with van der Waals surface area (Å²) in [5.74, 6) is -0.276. The molecule has 0 spiro atoms. The predicted molar refractivity (Wildman–Crippen MR) is 77.2 cm³/mol. The first-order valence-corrected chi connectivity index (χ1v) is 6.71. The minimum Gasteiger partial charge on any atom is -0.457 e. The summed E-state index contributed by atoms with van der Waals surface area (Å²) in [5, 5.41) is 8.05. The summed E-state index contributed by atoms with van der Waals surface area (Å²) in [6.45, 7) is 3.93. The van der Waals surface area contributed by atoms with Crippen LogP contribution in [0.15, 0.2) is 36.8 Å². The molecule has 0 bridgehead atoms. The zero-order chi connectivity index (χ0) is 15.5. The Morgan fingerprint density at radius 1 is 1.18 bits per heavy atom. The fourth-order valence-electron chi connectivity index (χ4n) is 1.95. The Bertz CT molecular complexity index is 785. The van der Waals surface area contributed by atoms with Crippen molar-refractivity contribution in [1.29, 1.82) is 0 Å². The van der Waals surface area contributed by atoms with E-state index < -0.39 is 0 Å². The summed E-state index contributed by atoms with van der Waals surface area (Å²) in [4.78, 5) is 8.10. The third kappa shape index (κ3) is 3.08. The van der Waals surface area contributed by atoms with Gasteiger partial charge >= 0.3 is 6.01 Å². The van der Waals surface area contributed by atoms with E-state index in [1.807, 2.05) is 13.8 Å². The van der Waals surface area contributed by atoms with Crippen LogP contribution < -0.4 is 4.74 Å². The Kier molecular flexibility index (Phi) is 3.78. The van der Waals surface area contributed by atoms with Gasteiger partial charge in [0.1, 0.15) is 18.1 Å². The molecule has 0 saturated carbocycles. The number of nitrogens with zero attached hydrogens (tertiary/aromatic N) is 5. The van der Waals surface area contributed by atoms with Crippen LogP contribution in [0.1, 0.15) is 16.8 Å². The van der Waals surface area contributed by atoms with Crippen LogP contribution in [-0.4, -0.2) is 25.0 Å². The van der Waals surface area contributed by atoms with Gasteiger partial charge in [-0.3, -0.25) is 0 Å². The third-order valence-electron chi connectivity index (χ3n) is 3.05. The van der Waals surface area contributed by atoms with Gasteiger partial charge < -0.3 is 4.74 Å². The molecule has 112 valence electrons. The van der Waals surface area contributed by atoms with E-state index >= 15 is 0 Å². The highest BCUT2D eigenvalue weighted by molar-refractivity contribution is 5.39. The minimum absolute atomic E-state index is 0.212. The quantitative estimate of drug-likeness (QED) is 0.740. The van der Waals surface area contributed by atoms with Gasteiger partial charge in [0.15, 0.2) is 0 Å². The van der Waals surface area contributed by atoms with Crippen molar-refractivity contribution in [3.63, 3.8) is 0 Å². The fraction of sp³-hybridized carbons (Fsp3) is 0.200. The van der Waals surface area contributed by atoms with E-state index in [9.17, 15) is 4.39 Å². The van der Waals surface area contributed by atoms with E-state index in [1.54, 1.807) is 29.3 Å². The second kappa shape index (κ2) is 5.88. The highest BCUT2D eigenvalue weighted by Gasteiger charge is 2.07. The molecule has 0 aliphatic rings. The zero-order valence-electron chi connectivity index (χ0n) is 12.2. The molecular formula is C15H14FN5O. The maximum Gasteiger partial charge on any atom is 0.316 e. The summed E-state index contributed by atoms with van der Waals surface area (Å²) in [6.07, 6.45) is 5.09. The molecule has 1 aromatic carbocycles. The highest BCUT2D eigenvalue weighted by atomic mass is 19.1. The number of rotatable bonds is 4. The predicted octanol–water partition coefficient (Wildman–Crippen LogP) is 2.39. The monoisotopic (exact) mass is 299 g/mol. The van der Waals surface area contributed by atoms with Gasteiger partial charge in [0, 0.05) is 12.4 Å². The molecule has 0 aliphatic carbocycles. The van der Waals surface area contributed by atoms with Gasteiger partial charge in [-0.2, -0.15) is 0 Å². The van der Waals surface area contributed by atoms with E-state index in [1.165, 1.54) is 12.1 Å². The highest BCUT2D eigenvalue weighted by Crippen LogP contribution is 2.14. The second-order valence-electron chi connectivity index (χ2n) is 4.92. The van der Waals surface area contributed by atoms with Crippen LogP contribution in [0.4, 0.5) is 4.39 Å². The minimum atomic E-state index is -0.276. The van der Waals surface area contributed by atoms with E-state index in [4.69, 9.17) is 4.74 Å². The molecule has 2 heterocycles. The fourth-order valence-corrected chi connectivity index (χ4v) is 1.95. The Labute approximate surface area is 126 Å². The Hall–Kier alpha value is -2.83. The lowest BCUT2D eigenvalue weighted by atomic mass is 10.2. The maximum atomic E-state index is 13.1. The summed E-state index contributed by atoms with van der Waals surface area (Å²) in [5.41, 5.74) is 3.14. The van der Waals surface area contributed by atoms with Crippen LogP contribution in [0.25, 0.3) is 5.69 Å². The number of ether oxygens (including phenoxy) is 1. The number of hydrogen-bond acceptors (Lipinski definition) is 5. The molecule has 3 aromatic rings. The molecule has 0 fully saturated rings. The lowest BCUT2D eigenvalue weighted by molar-refractivity contribution is 0.276. The van der Waals surface area contributed by atoms with Crippen molar-refractivity contribution >= 4 is 0 Å². The van der Waals surface area contributed by atoms with Crippen molar-refractivity contribution in [3.05, 3.63) is 59.4 Å². The van der Waals surface area contributed by atoms with Gasteiger partial charge in [0.2, 0.25) is 0 Å². The second-order valence-corrected chi connectivity index (χ2v) is 4.92. The van der Waals surface area contributed by atoms with E-state index in [-0.39, 0.29) is 18.4 Å². The van der Waals surface area contributed by atoms with E-state index in [2.05, 4.69) is 20.3 Å². The first-order chi connectivity index (χ1) is 10.6. The average molecular weight is 299 g/mol. The molecule has 22 heavy (non-hydrogen) atoms. The normalized spacial score (nSPS) is 10.7. The molecule has 2 aromatic heterocycles. The van der Waals surface area contributed by atoms with Crippen molar-refractivity contribution in [2.24, 2.45) is 0 Å². The Balaban J connectivity index is 1.72. The van der Waals surface area contributed by atoms with Crippen molar-refractivity contribution in [3.8, 4) is 11.7 Å². The first-order valence-electron chi connectivity index (χ1n) is 6.71. The number of hydrogen-bond donors (Lipinski definition) is 0. The van der Waals surface area contributed by atoms with Crippen LogP contribution in [0, 0.1) is 19.7 Å². The molecule has 0 aliphatic heterocycles. The van der Waals surface area contributed by atoms with Crippen molar-refractivity contribution in [2.75, 3.05) is 0 Å². The number of halogens is 1. The summed E-state index contributed by atoms with van der Waals surface area (Å²) in [6, 6.07) is 4.79. The molecule has 7 heteroatoms. The van der Waals surface area contributed by atoms with Gasteiger partial charge in [0.25, 0.3) is 0 Å². The van der Waals surface area contributed by atoms with Crippen molar-refractivity contribution in [2.45, 2.75) is 20.5 Å². The Morgan fingerprint density at radius 2 is 1.95 bits per heavy atom. The number of aromatic nitrogens is 5. The topological polar surface area (TPSA) is 65.7 Å². The summed E-state index contributed by atoms with van der Waals surface area (Å²) < 4.78 is 20.2. The smallest absolute Gasteiger partial charge is 0.316 e. The molecule has 0 atom stereocenters. The van der Waals surface area contributed by atoms with Gasteiger partial charge in [-0.1, -0.05) is 5.21 Å². The van der Waals surface area contributed by atoms with Crippen LogP contribution in [-0.2, 0) is 6.61 Å². The van der Waals surface area contributed by atoms with Crippen LogP contribution in [0.3, 0.4) is 0 Å². The lowest BCUT2D eigenvalue weighted by Crippen LogP contribution is -2.00. The van der Waals surface area contributed by atoms with E-state index in [0.717, 1.165) is 16.8 Å². The van der Waals surface area contributed by atoms with Crippen LogP contribution >= 0.6 is 0 Å². The average Bonchev–Trinajstić information content (AvgIpc) is 2.95. The molecule has 0 unspecified atom stereocenters. The molecule has 3 rings (SSSR count). The molecule has 0 N–H and O–H groups in total. The van der Waals surface area contributed by atoms with Gasteiger partial charge in [-0.25, -0.2) is 19.0 Å². The largest absolute Gasteiger partial charge is 0.457 e. The van der Waals surface area contributed by atoms with E-state index in [0.29, 0.717) is 5.69 Å². The molecule has 0 amide bonds. The van der Waals surface area contributed by atoms with Crippen LogP contribution in [0.2, 0.25) is 0 Å². The zero-order valence-corrected chi connectivity index (χ0v) is 12.2. The van der Waals surface area contributed by atoms with Gasteiger partial charge in [-0.05, 0) is 43.2 Å². The third-order valence-corrected chi connectivity index (χ3v) is 3.05.